The number of hydrogen-bond donors (Lipinski definition) is 0. The lowest BCUT2D eigenvalue weighted by atomic mass is 10.1. The molecule has 5 nitrogen and oxygen atoms in total. The van der Waals surface area contributed by atoms with Crippen LogP contribution in [-0.2, 0) is 4.79 Å². The Balaban J connectivity index is 2.01. The van der Waals surface area contributed by atoms with Gasteiger partial charge >= 0.3 is 0 Å². The first-order chi connectivity index (χ1) is 12.0. The van der Waals surface area contributed by atoms with E-state index in [4.69, 9.17) is 16.3 Å². The Hall–Kier alpha value is -2.18. The Bertz CT molecular complexity index is 813. The van der Waals surface area contributed by atoms with E-state index in [9.17, 15) is 14.7 Å². The summed E-state index contributed by atoms with van der Waals surface area (Å²) in [6, 6.07) is 12.7. The van der Waals surface area contributed by atoms with E-state index in [-0.39, 0.29) is 5.75 Å². The van der Waals surface area contributed by atoms with Crippen LogP contribution >= 0.6 is 23.4 Å². The fourth-order valence-electron chi connectivity index (χ4n) is 2.76. The summed E-state index contributed by atoms with van der Waals surface area (Å²) in [7, 11) is 1.51. The molecule has 2 aromatic rings. The maximum atomic E-state index is 13.0. The van der Waals surface area contributed by atoms with E-state index in [2.05, 4.69) is 0 Å². The lowest BCUT2D eigenvalue weighted by molar-refractivity contribution is -0.310. The van der Waals surface area contributed by atoms with Crippen LogP contribution in [-0.4, -0.2) is 35.7 Å². The summed E-state index contributed by atoms with van der Waals surface area (Å²) in [6.45, 7) is 0. The highest BCUT2D eigenvalue weighted by molar-refractivity contribution is 7.99. The van der Waals surface area contributed by atoms with Crippen molar-refractivity contribution in [1.29, 1.82) is 0 Å². The van der Waals surface area contributed by atoms with Crippen molar-refractivity contribution in [1.82, 2.24) is 4.90 Å². The van der Waals surface area contributed by atoms with Gasteiger partial charge in [0.05, 0.1) is 19.1 Å². The number of carbonyl (C=O) groups excluding carboxylic acids is 2. The number of hydrogen-bond acceptors (Lipinski definition) is 5. The molecule has 0 N–H and O–H groups in total. The number of nitrogens with zero attached hydrogens (tertiary/aromatic N) is 1. The number of benzene rings is 2. The largest absolute Gasteiger partial charge is 0.548 e. The number of amides is 1. The number of carbonyl (C=O) groups is 2. The Morgan fingerprint density at radius 1 is 1.24 bits per heavy atom. The third-order valence-electron chi connectivity index (χ3n) is 3.99. The van der Waals surface area contributed by atoms with Crippen molar-refractivity contribution >= 4 is 35.2 Å². The van der Waals surface area contributed by atoms with Crippen LogP contribution in [0.2, 0.25) is 5.02 Å². The summed E-state index contributed by atoms with van der Waals surface area (Å²) in [5.74, 6) is -0.910. The van der Waals surface area contributed by atoms with E-state index in [1.807, 2.05) is 6.07 Å². The fourth-order valence-corrected chi connectivity index (χ4v) is 4.51. The van der Waals surface area contributed by atoms with Crippen LogP contribution in [0.4, 0.5) is 0 Å². The molecule has 0 saturated carbocycles. The summed E-state index contributed by atoms with van der Waals surface area (Å²) in [5, 5.41) is 11.6. The second-order valence-electron chi connectivity index (χ2n) is 5.49. The summed E-state index contributed by atoms with van der Waals surface area (Å²) in [6.07, 6.45) is 0. The highest BCUT2D eigenvalue weighted by Crippen LogP contribution is 2.44. The maximum Gasteiger partial charge on any atom is 0.255 e. The molecule has 1 aliphatic rings. The molecule has 1 heterocycles. The van der Waals surface area contributed by atoms with Gasteiger partial charge in [0.25, 0.3) is 5.91 Å². The zero-order valence-corrected chi connectivity index (χ0v) is 14.9. The molecule has 1 saturated heterocycles. The quantitative estimate of drug-likeness (QED) is 0.819. The zero-order valence-electron chi connectivity index (χ0n) is 13.3. The first-order valence-electron chi connectivity index (χ1n) is 7.56. The van der Waals surface area contributed by atoms with Crippen LogP contribution in [0.1, 0.15) is 21.3 Å². The van der Waals surface area contributed by atoms with E-state index in [0.29, 0.717) is 21.9 Å². The topological polar surface area (TPSA) is 69.7 Å². The molecule has 0 bridgehead atoms. The predicted molar refractivity (Wildman–Crippen MR) is 94.6 cm³/mol. The molecule has 2 atom stereocenters. The van der Waals surface area contributed by atoms with Crippen molar-refractivity contribution < 1.29 is 19.4 Å². The molecule has 25 heavy (non-hydrogen) atoms. The average Bonchev–Trinajstić information content (AvgIpc) is 3.06. The molecule has 2 aromatic carbocycles. The highest BCUT2D eigenvalue weighted by Gasteiger charge is 2.40. The Labute approximate surface area is 154 Å². The molecule has 7 heteroatoms. The van der Waals surface area contributed by atoms with Gasteiger partial charge in [-0.05, 0) is 24.3 Å². The minimum atomic E-state index is -1.28. The van der Waals surface area contributed by atoms with Crippen LogP contribution in [0.3, 0.4) is 0 Å². The Morgan fingerprint density at radius 3 is 2.68 bits per heavy atom. The molecule has 130 valence electrons. The smallest absolute Gasteiger partial charge is 0.255 e. The van der Waals surface area contributed by atoms with Crippen molar-refractivity contribution in [2.45, 2.75) is 11.4 Å². The van der Waals surface area contributed by atoms with Gasteiger partial charge in [0, 0.05) is 21.9 Å². The third kappa shape index (κ3) is 3.45. The number of rotatable bonds is 4. The Kier molecular flexibility index (Phi) is 5.20. The van der Waals surface area contributed by atoms with Crippen LogP contribution in [0.5, 0.6) is 5.75 Å². The van der Waals surface area contributed by atoms with Gasteiger partial charge in [-0.25, -0.2) is 0 Å². The van der Waals surface area contributed by atoms with Gasteiger partial charge in [-0.1, -0.05) is 35.9 Å². The van der Waals surface area contributed by atoms with E-state index < -0.39 is 23.3 Å². The second-order valence-corrected chi connectivity index (χ2v) is 7.01. The van der Waals surface area contributed by atoms with Gasteiger partial charge in [-0.3, -0.25) is 4.79 Å². The summed E-state index contributed by atoms with van der Waals surface area (Å²) in [5.41, 5.74) is 1.05. The minimum Gasteiger partial charge on any atom is -0.548 e. The highest BCUT2D eigenvalue weighted by atomic mass is 35.5. The van der Waals surface area contributed by atoms with Gasteiger partial charge in [0.15, 0.2) is 0 Å². The zero-order chi connectivity index (χ0) is 18.0. The molecular weight excluding hydrogens is 362 g/mol. The van der Waals surface area contributed by atoms with E-state index in [1.54, 1.807) is 42.5 Å². The first kappa shape index (κ1) is 17.6. The van der Waals surface area contributed by atoms with Crippen LogP contribution in [0.15, 0.2) is 48.5 Å². The van der Waals surface area contributed by atoms with Crippen molar-refractivity contribution in [3.8, 4) is 5.75 Å². The molecule has 0 radical (unpaired) electrons. The average molecular weight is 377 g/mol. The number of halogens is 1. The van der Waals surface area contributed by atoms with Gasteiger partial charge < -0.3 is 19.5 Å². The lowest BCUT2D eigenvalue weighted by Gasteiger charge is -2.30. The number of carboxylic acids is 1. The van der Waals surface area contributed by atoms with Gasteiger partial charge in [-0.2, -0.15) is 0 Å². The number of methoxy groups -OCH3 is 1. The standard InChI is InChI=1S/C18H16ClNO4S/c1-24-12-6-4-5-11(9-12)16(21)20-15(18(22)23)10-25-17(20)13-7-2-3-8-14(13)19/h2-9,15,17H,10H2,1H3,(H,22,23)/p-1/t15-,17-/m1/s1. The molecule has 1 fully saturated rings. The number of aliphatic carboxylic acids is 1. The van der Waals surface area contributed by atoms with Gasteiger partial charge in [-0.15, -0.1) is 11.8 Å². The van der Waals surface area contributed by atoms with Crippen molar-refractivity contribution in [2.24, 2.45) is 0 Å². The first-order valence-corrected chi connectivity index (χ1v) is 8.99. The second kappa shape index (κ2) is 7.37. The summed E-state index contributed by atoms with van der Waals surface area (Å²) >= 11 is 7.62. The summed E-state index contributed by atoms with van der Waals surface area (Å²) < 4.78 is 5.15. The summed E-state index contributed by atoms with van der Waals surface area (Å²) in [4.78, 5) is 25.9. The predicted octanol–water partition coefficient (Wildman–Crippen LogP) is 2.35. The van der Waals surface area contributed by atoms with Gasteiger partial charge in [0.1, 0.15) is 11.1 Å². The molecular formula is C18H15ClNO4S-. The van der Waals surface area contributed by atoms with E-state index in [0.717, 1.165) is 0 Å². The number of thioether (sulfide) groups is 1. The monoisotopic (exact) mass is 376 g/mol. The molecule has 0 aliphatic carbocycles. The maximum absolute atomic E-state index is 13.0. The lowest BCUT2D eigenvalue weighted by Crippen LogP contribution is -2.49. The van der Waals surface area contributed by atoms with Crippen LogP contribution in [0, 0.1) is 0 Å². The Morgan fingerprint density at radius 2 is 2.00 bits per heavy atom. The number of carboxylic acid groups (broad SMARTS) is 1. The van der Waals surface area contributed by atoms with Crippen LogP contribution in [0.25, 0.3) is 0 Å². The normalized spacial score (nSPS) is 19.7. The third-order valence-corrected chi connectivity index (χ3v) is 5.64. The minimum absolute atomic E-state index is 0.244. The van der Waals surface area contributed by atoms with E-state index >= 15 is 0 Å². The van der Waals surface area contributed by atoms with Gasteiger partial charge in [0.2, 0.25) is 0 Å². The SMILES string of the molecule is COc1cccc(C(=O)N2[C@@H](C(=O)[O-])CS[C@@H]2c2ccccc2Cl)c1. The van der Waals surface area contributed by atoms with Crippen molar-refractivity contribution in [2.75, 3.05) is 12.9 Å². The van der Waals surface area contributed by atoms with Crippen molar-refractivity contribution in [3.63, 3.8) is 0 Å². The van der Waals surface area contributed by atoms with E-state index in [1.165, 1.54) is 23.8 Å². The van der Waals surface area contributed by atoms with Crippen molar-refractivity contribution in [3.05, 3.63) is 64.7 Å². The molecule has 1 amide bonds. The number of ether oxygens (including phenoxy) is 1. The molecule has 1 aliphatic heterocycles. The molecule has 0 unspecified atom stereocenters. The fraction of sp³-hybridized carbons (Fsp3) is 0.222. The molecule has 3 rings (SSSR count). The molecule has 0 spiro atoms. The molecule has 0 aromatic heterocycles. The van der Waals surface area contributed by atoms with Crippen LogP contribution < -0.4 is 9.84 Å².